The van der Waals surface area contributed by atoms with Crippen LogP contribution in [0.2, 0.25) is 0 Å². The second-order valence-electron chi connectivity index (χ2n) is 9.93. The minimum absolute atomic E-state index is 0.00565. The van der Waals surface area contributed by atoms with Crippen molar-refractivity contribution in [2.45, 2.75) is 64.8 Å². The normalized spacial score (nSPS) is 17.6. The van der Waals surface area contributed by atoms with Crippen LogP contribution in [0.5, 0.6) is 0 Å². The van der Waals surface area contributed by atoms with Crippen molar-refractivity contribution in [2.75, 3.05) is 26.4 Å². The van der Waals surface area contributed by atoms with Gasteiger partial charge in [0.2, 0.25) is 0 Å². The number of nitrogens with zero attached hydrogens (tertiary/aromatic N) is 1. The maximum Gasteiger partial charge on any atom is 0.417 e. The Bertz CT molecular complexity index is 1090. The maximum absolute atomic E-state index is 12.1. The van der Waals surface area contributed by atoms with Gasteiger partial charge in [0.15, 0.2) is 0 Å². The number of hydrogen-bond donors (Lipinski definition) is 2. The van der Waals surface area contributed by atoms with E-state index in [1.165, 1.54) is 10.5 Å². The van der Waals surface area contributed by atoms with E-state index in [1.54, 1.807) is 13.8 Å². The third kappa shape index (κ3) is 13.3. The van der Waals surface area contributed by atoms with Crippen molar-refractivity contribution in [1.82, 2.24) is 10.2 Å². The molecule has 0 bridgehead atoms. The zero-order chi connectivity index (χ0) is 30.2. The molecular weight excluding hydrogens is 532 g/mol. The Labute approximate surface area is 240 Å². The lowest BCUT2D eigenvalue weighted by atomic mass is 10.1. The average Bonchev–Trinajstić information content (AvgIpc) is 3.52. The number of imide groups is 1. The highest BCUT2D eigenvalue weighted by Gasteiger charge is 2.37. The van der Waals surface area contributed by atoms with Crippen LogP contribution in [-0.4, -0.2) is 84.8 Å². The molecule has 3 amide bonds. The second-order valence-corrected chi connectivity index (χ2v) is 9.93. The van der Waals surface area contributed by atoms with Crippen molar-refractivity contribution in [2.24, 2.45) is 0 Å². The Balaban J connectivity index is 0.000000240. The molecule has 2 aromatic rings. The van der Waals surface area contributed by atoms with Gasteiger partial charge in [-0.05, 0) is 51.7 Å². The molecule has 0 unspecified atom stereocenters. The van der Waals surface area contributed by atoms with Crippen LogP contribution < -0.4 is 5.32 Å². The van der Waals surface area contributed by atoms with Crippen LogP contribution in [0, 0.1) is 0 Å². The fourth-order valence-corrected chi connectivity index (χ4v) is 3.78. The molecule has 2 fully saturated rings. The van der Waals surface area contributed by atoms with Crippen LogP contribution in [0.25, 0.3) is 0 Å². The third-order valence-electron chi connectivity index (χ3n) is 5.69. The lowest BCUT2D eigenvalue weighted by Gasteiger charge is -2.20. The van der Waals surface area contributed by atoms with Crippen molar-refractivity contribution in [3.8, 4) is 0 Å². The van der Waals surface area contributed by atoms with E-state index in [0.29, 0.717) is 13.0 Å². The summed E-state index contributed by atoms with van der Waals surface area (Å²) < 4.78 is 19.7. The second kappa shape index (κ2) is 17.7. The van der Waals surface area contributed by atoms with E-state index in [-0.39, 0.29) is 56.1 Å². The molecule has 0 spiro atoms. The number of carbonyl (C=O) groups excluding carboxylic acids is 3. The molecule has 0 aliphatic carbocycles. The fraction of sp³-hybridized carbons (Fsp3) is 0.467. The largest absolute Gasteiger partial charge is 0.480 e. The Kier molecular flexibility index (Phi) is 14.3. The number of aliphatic carboxylic acids is 1. The topological polar surface area (TPSA) is 141 Å². The van der Waals surface area contributed by atoms with Crippen molar-refractivity contribution in [3.63, 3.8) is 0 Å². The number of cyclic esters (lactones) is 2. The summed E-state index contributed by atoms with van der Waals surface area (Å²) in [5.74, 6) is -1.26. The molecule has 2 N–H and O–H groups in total. The quantitative estimate of drug-likeness (QED) is 0.434. The lowest BCUT2D eigenvalue weighted by molar-refractivity contribution is -0.143. The highest BCUT2D eigenvalue weighted by molar-refractivity contribution is 5.94. The van der Waals surface area contributed by atoms with Crippen molar-refractivity contribution in [1.29, 1.82) is 0 Å². The lowest BCUT2D eigenvalue weighted by Crippen LogP contribution is -2.42. The number of carboxylic acids is 1. The molecule has 224 valence electrons. The summed E-state index contributed by atoms with van der Waals surface area (Å²) in [4.78, 5) is 45.4. The Morgan fingerprint density at radius 2 is 1.39 bits per heavy atom. The van der Waals surface area contributed by atoms with Crippen molar-refractivity contribution < 1.29 is 43.2 Å². The molecule has 11 heteroatoms. The van der Waals surface area contributed by atoms with Crippen LogP contribution in [0.15, 0.2) is 60.7 Å². The first-order valence-corrected chi connectivity index (χ1v) is 13.5. The van der Waals surface area contributed by atoms with Gasteiger partial charge in [0.25, 0.3) is 5.91 Å². The van der Waals surface area contributed by atoms with Crippen LogP contribution in [-0.2, 0) is 41.4 Å². The van der Waals surface area contributed by atoms with E-state index in [4.69, 9.17) is 24.1 Å². The van der Waals surface area contributed by atoms with Crippen LogP contribution >= 0.6 is 0 Å². The Hall–Kier alpha value is -3.96. The van der Waals surface area contributed by atoms with Crippen molar-refractivity contribution in [3.05, 3.63) is 71.8 Å². The molecule has 2 heterocycles. The summed E-state index contributed by atoms with van der Waals surface area (Å²) >= 11 is 0. The van der Waals surface area contributed by atoms with E-state index in [0.717, 1.165) is 12.0 Å². The van der Waals surface area contributed by atoms with Gasteiger partial charge in [0.05, 0.1) is 24.3 Å². The molecule has 41 heavy (non-hydrogen) atoms. The Morgan fingerprint density at radius 1 is 0.854 bits per heavy atom. The third-order valence-corrected chi connectivity index (χ3v) is 5.69. The zero-order valence-electron chi connectivity index (χ0n) is 24.0. The number of carboxylic acid groups (broad SMARTS) is 1. The predicted molar refractivity (Wildman–Crippen MR) is 150 cm³/mol. The van der Waals surface area contributed by atoms with Crippen LogP contribution in [0.3, 0.4) is 0 Å². The van der Waals surface area contributed by atoms with Gasteiger partial charge in [-0.25, -0.2) is 19.3 Å². The van der Waals surface area contributed by atoms with E-state index in [1.807, 2.05) is 74.5 Å². The number of hydrogen-bond acceptors (Lipinski definition) is 8. The number of ether oxygens (including phenoxy) is 4. The van der Waals surface area contributed by atoms with E-state index < -0.39 is 12.1 Å². The van der Waals surface area contributed by atoms with E-state index in [9.17, 15) is 19.2 Å². The van der Waals surface area contributed by atoms with Gasteiger partial charge in [-0.15, -0.1) is 0 Å². The highest BCUT2D eigenvalue weighted by Crippen LogP contribution is 2.17. The standard InChI is InChI=1S/C15H19NO4.C10H11NO2.C5H10O3/c1-11(2)19-10-14(17)16-13(9-20-15(16)18)8-12-6-4-3-5-7-12;12-10-11-9(7-13-10)6-8-4-2-1-3-5-8;1-4(2)8-3-5(6)7/h3-7,11,13H,8-10H2,1-2H3;1-5,9H,6-7H2,(H,11,12);4H,3H2,1-2H3,(H,6,7)/t13-;9-;/m00./s1. The maximum atomic E-state index is 12.1. The molecule has 0 saturated carbocycles. The first-order valence-electron chi connectivity index (χ1n) is 13.5. The first-order chi connectivity index (χ1) is 19.5. The molecular formula is C30H40N2O9. The number of benzene rings is 2. The predicted octanol–water partition coefficient (Wildman–Crippen LogP) is 3.84. The van der Waals surface area contributed by atoms with Gasteiger partial charge >= 0.3 is 18.2 Å². The summed E-state index contributed by atoms with van der Waals surface area (Å²) in [5.41, 5.74) is 2.29. The van der Waals surface area contributed by atoms with Crippen LogP contribution in [0.1, 0.15) is 38.8 Å². The molecule has 0 aromatic heterocycles. The number of nitrogens with one attached hydrogen (secondary N) is 1. The van der Waals surface area contributed by atoms with Gasteiger partial charge in [0.1, 0.15) is 26.4 Å². The van der Waals surface area contributed by atoms with Gasteiger partial charge in [-0.1, -0.05) is 60.7 Å². The molecule has 11 nitrogen and oxygen atoms in total. The van der Waals surface area contributed by atoms with Gasteiger partial charge in [-0.2, -0.15) is 0 Å². The molecule has 2 atom stereocenters. The summed E-state index contributed by atoms with van der Waals surface area (Å²) in [6.45, 7) is 7.70. The summed E-state index contributed by atoms with van der Waals surface area (Å²) in [6, 6.07) is 19.7. The fourth-order valence-electron chi connectivity index (χ4n) is 3.78. The smallest absolute Gasteiger partial charge is 0.417 e. The highest BCUT2D eigenvalue weighted by atomic mass is 16.6. The van der Waals surface area contributed by atoms with E-state index in [2.05, 4.69) is 5.32 Å². The molecule has 2 saturated heterocycles. The van der Waals surface area contributed by atoms with Crippen molar-refractivity contribution >= 4 is 24.1 Å². The zero-order valence-corrected chi connectivity index (χ0v) is 24.0. The number of amides is 3. The number of carbonyl (C=O) groups is 4. The Morgan fingerprint density at radius 3 is 1.85 bits per heavy atom. The monoisotopic (exact) mass is 572 g/mol. The minimum Gasteiger partial charge on any atom is -0.480 e. The summed E-state index contributed by atoms with van der Waals surface area (Å²) in [7, 11) is 0. The van der Waals surface area contributed by atoms with E-state index >= 15 is 0 Å². The van der Waals surface area contributed by atoms with Gasteiger partial charge in [0, 0.05) is 0 Å². The number of alkyl carbamates (subject to hydrolysis) is 1. The van der Waals surface area contributed by atoms with Gasteiger partial charge in [-0.3, -0.25) is 4.79 Å². The molecule has 2 aliphatic heterocycles. The minimum atomic E-state index is -0.918. The molecule has 0 radical (unpaired) electrons. The SMILES string of the molecule is CC(C)OCC(=O)N1C(=O)OC[C@@H]1Cc1ccccc1.CC(C)OCC(=O)O.O=C1N[C@@H](Cc2ccccc2)CO1. The van der Waals surface area contributed by atoms with Gasteiger partial charge < -0.3 is 29.4 Å². The summed E-state index contributed by atoms with van der Waals surface area (Å²) in [5, 5.41) is 10.8. The first kappa shape index (κ1) is 33.2. The molecule has 2 aromatic carbocycles. The number of rotatable bonds is 10. The molecule has 4 rings (SSSR count). The molecule has 2 aliphatic rings. The average molecular weight is 573 g/mol. The summed E-state index contributed by atoms with van der Waals surface area (Å²) in [6.07, 6.45) is 0.507. The van der Waals surface area contributed by atoms with Crippen LogP contribution in [0.4, 0.5) is 9.59 Å².